The minimum absolute atomic E-state index is 0.0589. The molecule has 2 aromatic carbocycles. The van der Waals surface area contributed by atoms with Crippen molar-refractivity contribution in [2.45, 2.75) is 19.4 Å². The number of ether oxygens (including phenoxy) is 1. The summed E-state index contributed by atoms with van der Waals surface area (Å²) in [5.41, 5.74) is 2.21. The van der Waals surface area contributed by atoms with E-state index >= 15 is 0 Å². The predicted octanol–water partition coefficient (Wildman–Crippen LogP) is 2.40. The van der Waals surface area contributed by atoms with E-state index in [0.717, 1.165) is 17.7 Å². The molecule has 0 aliphatic carbocycles. The molecule has 26 heavy (non-hydrogen) atoms. The number of nitrogens with zero attached hydrogens (tertiary/aromatic N) is 1. The van der Waals surface area contributed by atoms with Crippen LogP contribution in [0.15, 0.2) is 54.6 Å². The molecule has 3 rings (SSSR count). The lowest BCUT2D eigenvalue weighted by atomic mass is 10.1. The van der Waals surface area contributed by atoms with Crippen LogP contribution in [0.3, 0.4) is 0 Å². The van der Waals surface area contributed by atoms with Crippen molar-refractivity contribution in [1.82, 2.24) is 10.2 Å². The molecule has 0 unspecified atom stereocenters. The van der Waals surface area contributed by atoms with Crippen LogP contribution in [0.5, 0.6) is 5.75 Å². The molecular formula is C21H24N2O3. The molecule has 2 amide bonds. The molecule has 0 spiro atoms. The van der Waals surface area contributed by atoms with Crippen molar-refractivity contribution in [3.63, 3.8) is 0 Å². The van der Waals surface area contributed by atoms with E-state index in [4.69, 9.17) is 4.74 Å². The van der Waals surface area contributed by atoms with Crippen LogP contribution in [0.1, 0.15) is 17.5 Å². The number of benzene rings is 2. The van der Waals surface area contributed by atoms with Gasteiger partial charge in [0.15, 0.2) is 0 Å². The zero-order chi connectivity index (χ0) is 18.4. The average Bonchev–Trinajstić information content (AvgIpc) is 3.06. The van der Waals surface area contributed by atoms with Crippen LogP contribution in [0, 0.1) is 5.92 Å². The van der Waals surface area contributed by atoms with Gasteiger partial charge in [-0.2, -0.15) is 0 Å². The highest BCUT2D eigenvalue weighted by Crippen LogP contribution is 2.19. The second kappa shape index (κ2) is 8.52. The van der Waals surface area contributed by atoms with Crippen LogP contribution in [0.4, 0.5) is 0 Å². The highest BCUT2D eigenvalue weighted by Gasteiger charge is 2.33. The summed E-state index contributed by atoms with van der Waals surface area (Å²) in [6.45, 7) is 1.61. The molecule has 0 bridgehead atoms. The number of carbonyl (C=O) groups is 2. The molecule has 1 N–H and O–H groups in total. The van der Waals surface area contributed by atoms with Gasteiger partial charge in [0, 0.05) is 26.1 Å². The number of methoxy groups -OCH3 is 1. The van der Waals surface area contributed by atoms with Gasteiger partial charge < -0.3 is 15.0 Å². The number of likely N-dealkylation sites (tertiary alicyclic amines) is 1. The molecule has 1 atom stereocenters. The highest BCUT2D eigenvalue weighted by atomic mass is 16.5. The van der Waals surface area contributed by atoms with E-state index in [1.54, 1.807) is 12.0 Å². The van der Waals surface area contributed by atoms with E-state index in [0.29, 0.717) is 26.1 Å². The fourth-order valence-corrected chi connectivity index (χ4v) is 3.15. The molecule has 2 aromatic rings. The van der Waals surface area contributed by atoms with Gasteiger partial charge in [0.25, 0.3) is 0 Å². The van der Waals surface area contributed by atoms with Crippen LogP contribution in [-0.2, 0) is 22.6 Å². The Kier molecular flexibility index (Phi) is 5.89. The molecule has 5 heteroatoms. The van der Waals surface area contributed by atoms with E-state index in [1.165, 1.54) is 5.56 Å². The SMILES string of the molecule is COc1ccc(CNC(=O)[C@@H]2CC(=O)N(CCc3ccccc3)C2)cc1. The van der Waals surface area contributed by atoms with Crippen LogP contribution >= 0.6 is 0 Å². The lowest BCUT2D eigenvalue weighted by molar-refractivity contribution is -0.129. The van der Waals surface area contributed by atoms with Crippen LogP contribution in [0.25, 0.3) is 0 Å². The quantitative estimate of drug-likeness (QED) is 0.832. The van der Waals surface area contributed by atoms with Gasteiger partial charge in [0.05, 0.1) is 13.0 Å². The summed E-state index contributed by atoms with van der Waals surface area (Å²) < 4.78 is 5.12. The Bertz CT molecular complexity index is 744. The van der Waals surface area contributed by atoms with Crippen molar-refractivity contribution >= 4 is 11.8 Å². The summed E-state index contributed by atoms with van der Waals surface area (Å²) in [5.74, 6) is 0.522. The van der Waals surface area contributed by atoms with Gasteiger partial charge in [-0.15, -0.1) is 0 Å². The largest absolute Gasteiger partial charge is 0.497 e. The minimum atomic E-state index is -0.267. The lowest BCUT2D eigenvalue weighted by Crippen LogP contribution is -2.33. The van der Waals surface area contributed by atoms with Crippen molar-refractivity contribution in [3.05, 3.63) is 65.7 Å². The van der Waals surface area contributed by atoms with Crippen molar-refractivity contribution < 1.29 is 14.3 Å². The molecule has 1 aliphatic rings. The first-order valence-electron chi connectivity index (χ1n) is 8.88. The van der Waals surface area contributed by atoms with Gasteiger partial charge in [0.1, 0.15) is 5.75 Å². The normalized spacial score (nSPS) is 16.6. The maximum absolute atomic E-state index is 12.4. The smallest absolute Gasteiger partial charge is 0.225 e. The average molecular weight is 352 g/mol. The van der Waals surface area contributed by atoms with Crippen molar-refractivity contribution in [3.8, 4) is 5.75 Å². The zero-order valence-corrected chi connectivity index (χ0v) is 15.0. The Balaban J connectivity index is 1.47. The third-order valence-electron chi connectivity index (χ3n) is 4.72. The summed E-state index contributed by atoms with van der Waals surface area (Å²) >= 11 is 0. The first kappa shape index (κ1) is 18.0. The van der Waals surface area contributed by atoms with Crippen LogP contribution < -0.4 is 10.1 Å². The van der Waals surface area contributed by atoms with E-state index in [9.17, 15) is 9.59 Å². The molecule has 0 radical (unpaired) electrons. The fourth-order valence-electron chi connectivity index (χ4n) is 3.15. The maximum Gasteiger partial charge on any atom is 0.225 e. The second-order valence-corrected chi connectivity index (χ2v) is 6.54. The Morgan fingerprint density at radius 1 is 1.12 bits per heavy atom. The van der Waals surface area contributed by atoms with Gasteiger partial charge >= 0.3 is 0 Å². The number of hydrogen-bond donors (Lipinski definition) is 1. The predicted molar refractivity (Wildman–Crippen MR) is 99.7 cm³/mol. The minimum Gasteiger partial charge on any atom is -0.497 e. The van der Waals surface area contributed by atoms with Gasteiger partial charge in [-0.1, -0.05) is 42.5 Å². The number of amides is 2. The van der Waals surface area contributed by atoms with Gasteiger partial charge in [-0.05, 0) is 29.7 Å². The fraction of sp³-hybridized carbons (Fsp3) is 0.333. The first-order chi connectivity index (χ1) is 12.7. The summed E-state index contributed by atoms with van der Waals surface area (Å²) in [5, 5.41) is 2.93. The van der Waals surface area contributed by atoms with E-state index in [-0.39, 0.29) is 17.7 Å². The summed E-state index contributed by atoms with van der Waals surface area (Å²) in [6.07, 6.45) is 1.11. The Morgan fingerprint density at radius 3 is 2.54 bits per heavy atom. The first-order valence-corrected chi connectivity index (χ1v) is 8.88. The third kappa shape index (κ3) is 4.63. The highest BCUT2D eigenvalue weighted by molar-refractivity contribution is 5.89. The molecule has 1 saturated heterocycles. The summed E-state index contributed by atoms with van der Waals surface area (Å²) in [4.78, 5) is 26.4. The van der Waals surface area contributed by atoms with Crippen molar-refractivity contribution in [2.75, 3.05) is 20.2 Å². The molecular weight excluding hydrogens is 328 g/mol. The molecule has 5 nitrogen and oxygen atoms in total. The Labute approximate surface area is 154 Å². The van der Waals surface area contributed by atoms with Gasteiger partial charge in [0.2, 0.25) is 11.8 Å². The van der Waals surface area contributed by atoms with Crippen molar-refractivity contribution in [1.29, 1.82) is 0 Å². The maximum atomic E-state index is 12.4. The third-order valence-corrected chi connectivity index (χ3v) is 4.72. The monoisotopic (exact) mass is 352 g/mol. The molecule has 1 aliphatic heterocycles. The Hall–Kier alpha value is -2.82. The van der Waals surface area contributed by atoms with E-state index in [2.05, 4.69) is 17.4 Å². The molecule has 136 valence electrons. The van der Waals surface area contributed by atoms with Crippen molar-refractivity contribution in [2.24, 2.45) is 5.92 Å². The zero-order valence-electron chi connectivity index (χ0n) is 15.0. The number of nitrogens with one attached hydrogen (secondary N) is 1. The topological polar surface area (TPSA) is 58.6 Å². The molecule has 1 heterocycles. The molecule has 1 fully saturated rings. The summed E-state index contributed by atoms with van der Waals surface area (Å²) in [6, 6.07) is 17.7. The lowest BCUT2D eigenvalue weighted by Gasteiger charge is -2.16. The van der Waals surface area contributed by atoms with Crippen LogP contribution in [0.2, 0.25) is 0 Å². The Morgan fingerprint density at radius 2 is 1.85 bits per heavy atom. The van der Waals surface area contributed by atoms with Gasteiger partial charge in [-0.25, -0.2) is 0 Å². The second-order valence-electron chi connectivity index (χ2n) is 6.54. The van der Waals surface area contributed by atoms with Gasteiger partial charge in [-0.3, -0.25) is 9.59 Å². The standard InChI is InChI=1S/C21H24N2O3/c1-26-19-9-7-17(8-10-19)14-22-21(25)18-13-20(24)23(15-18)12-11-16-5-3-2-4-6-16/h2-10,18H,11-15H2,1H3,(H,22,25)/t18-/m1/s1. The molecule has 0 saturated carbocycles. The number of rotatable bonds is 7. The van der Waals surface area contributed by atoms with Crippen LogP contribution in [-0.4, -0.2) is 36.9 Å². The summed E-state index contributed by atoms with van der Waals surface area (Å²) in [7, 11) is 1.62. The number of carbonyl (C=O) groups excluding carboxylic acids is 2. The molecule has 0 aromatic heterocycles. The number of hydrogen-bond acceptors (Lipinski definition) is 3. The van der Waals surface area contributed by atoms with E-state index < -0.39 is 0 Å². The van der Waals surface area contributed by atoms with E-state index in [1.807, 2.05) is 42.5 Å².